The molecular weight excluding hydrogens is 587 g/mol. The summed E-state index contributed by atoms with van der Waals surface area (Å²) in [6.07, 6.45) is -0.0632. The van der Waals surface area contributed by atoms with E-state index in [2.05, 4.69) is 5.32 Å². The first kappa shape index (κ1) is 30.4. The first-order valence-electron chi connectivity index (χ1n) is 14.5. The molecule has 0 unspecified atom stereocenters. The number of nitrogens with zero attached hydrogens (tertiary/aromatic N) is 2. The van der Waals surface area contributed by atoms with Gasteiger partial charge in [0.05, 0.1) is 23.3 Å². The van der Waals surface area contributed by atoms with Crippen molar-refractivity contribution in [2.45, 2.75) is 43.5 Å². The number of ketones is 2. The van der Waals surface area contributed by atoms with Crippen LogP contribution in [-0.2, 0) is 38.6 Å². The number of benzene rings is 2. The normalized spacial score (nSPS) is 28.3. The molecule has 0 saturated heterocycles. The van der Waals surface area contributed by atoms with Crippen molar-refractivity contribution >= 4 is 34.8 Å². The minimum absolute atomic E-state index is 0.00163. The summed E-state index contributed by atoms with van der Waals surface area (Å²) in [4.78, 5) is 55.9. The van der Waals surface area contributed by atoms with E-state index in [1.54, 1.807) is 11.9 Å². The first-order chi connectivity index (χ1) is 21.2. The van der Waals surface area contributed by atoms with E-state index in [0.29, 0.717) is 6.42 Å². The van der Waals surface area contributed by atoms with Crippen molar-refractivity contribution in [3.63, 3.8) is 0 Å². The molecule has 0 spiro atoms. The van der Waals surface area contributed by atoms with Crippen LogP contribution in [0, 0.1) is 17.7 Å². The number of anilines is 1. The standard InChI is InChI=1S/C32H33FN4O8/c1-36(2)24-17-11-14-10-15-20(25(38)19(14)28(41)32(17,45)29(42)21(27(24)40)30(34)43)26(39)23-16(22(15)33)12-37(3)18(31(44)35-23)9-13-7-5-4-6-8-13/h4-8,14,17-18,24,38-39,42,45H,9-12H2,1-3H3,(H2,34,43)(H,35,44)/t14-,17-,18+,24-,32-/m0/s1. The molecule has 1 saturated carbocycles. The summed E-state index contributed by atoms with van der Waals surface area (Å²) >= 11 is 0. The molecule has 2 amide bonds. The topological polar surface area (TPSA) is 194 Å². The van der Waals surface area contributed by atoms with E-state index in [4.69, 9.17) is 5.73 Å². The molecule has 5 atom stereocenters. The van der Waals surface area contributed by atoms with E-state index < -0.39 is 92.7 Å². The number of hydrogen-bond donors (Lipinski definition) is 6. The molecule has 7 N–H and O–H groups in total. The number of Topliss-reactive ketones (excluding diaryl/α,β-unsaturated/α-hetero) is 2. The van der Waals surface area contributed by atoms with Crippen LogP contribution in [0.25, 0.3) is 5.76 Å². The summed E-state index contributed by atoms with van der Waals surface area (Å²) in [6, 6.07) is 7.26. The maximum atomic E-state index is 16.4. The van der Waals surface area contributed by atoms with Gasteiger partial charge in [-0.2, -0.15) is 0 Å². The second-order valence-corrected chi connectivity index (χ2v) is 12.4. The first-order valence-corrected chi connectivity index (χ1v) is 14.5. The third-order valence-electron chi connectivity index (χ3n) is 9.68. The smallest absolute Gasteiger partial charge is 0.255 e. The van der Waals surface area contributed by atoms with Crippen molar-refractivity contribution in [2.24, 2.45) is 17.6 Å². The minimum Gasteiger partial charge on any atom is -0.508 e. The molecule has 0 radical (unpaired) electrons. The van der Waals surface area contributed by atoms with Gasteiger partial charge >= 0.3 is 0 Å². The Hall–Kier alpha value is -4.59. The highest BCUT2D eigenvalue weighted by molar-refractivity contribution is 6.24. The molecule has 1 heterocycles. The largest absolute Gasteiger partial charge is 0.508 e. The van der Waals surface area contributed by atoms with Gasteiger partial charge < -0.3 is 31.5 Å². The third kappa shape index (κ3) is 4.29. The van der Waals surface area contributed by atoms with Crippen molar-refractivity contribution in [1.82, 2.24) is 9.80 Å². The molecule has 45 heavy (non-hydrogen) atoms. The molecular formula is C32H33FN4O8. The Bertz CT molecular complexity index is 1750. The average Bonchev–Trinajstić information content (AvgIpc) is 3.09. The molecule has 236 valence electrons. The second-order valence-electron chi connectivity index (χ2n) is 12.4. The molecule has 12 nitrogen and oxygen atoms in total. The summed E-state index contributed by atoms with van der Waals surface area (Å²) < 4.78 is 16.4. The minimum atomic E-state index is -2.81. The molecule has 2 aromatic carbocycles. The van der Waals surface area contributed by atoms with Gasteiger partial charge in [0, 0.05) is 29.2 Å². The highest BCUT2D eigenvalue weighted by atomic mass is 19.1. The van der Waals surface area contributed by atoms with Gasteiger partial charge in [0.1, 0.15) is 22.9 Å². The van der Waals surface area contributed by atoms with Crippen molar-refractivity contribution < 1.29 is 44.0 Å². The van der Waals surface area contributed by atoms with E-state index in [0.717, 1.165) is 5.56 Å². The number of amides is 2. The number of aliphatic hydroxyl groups excluding tert-OH is 2. The molecule has 1 fully saturated rings. The Morgan fingerprint density at radius 3 is 2.42 bits per heavy atom. The van der Waals surface area contributed by atoms with Crippen LogP contribution in [0.1, 0.15) is 28.7 Å². The number of aliphatic hydroxyl groups is 3. The maximum Gasteiger partial charge on any atom is 0.255 e. The Balaban J connectivity index is 1.48. The van der Waals surface area contributed by atoms with Gasteiger partial charge in [0.2, 0.25) is 11.7 Å². The van der Waals surface area contributed by atoms with Gasteiger partial charge in [0.15, 0.2) is 17.1 Å². The number of likely N-dealkylation sites (N-methyl/N-ethyl adjacent to an activating group) is 2. The van der Waals surface area contributed by atoms with Crippen LogP contribution in [-0.4, -0.2) is 92.4 Å². The highest BCUT2D eigenvalue weighted by Crippen LogP contribution is 2.54. The number of nitrogens with one attached hydrogen (secondary N) is 1. The zero-order valence-corrected chi connectivity index (χ0v) is 24.8. The predicted octanol–water partition coefficient (Wildman–Crippen LogP) is 1.10. The number of phenols is 1. The second kappa shape index (κ2) is 10.5. The molecule has 0 aromatic heterocycles. The summed E-state index contributed by atoms with van der Waals surface area (Å²) in [5.74, 6) is -9.63. The fraction of sp³-hybridized carbons (Fsp3) is 0.375. The number of rotatable bonds is 4. The Labute approximate surface area is 257 Å². The van der Waals surface area contributed by atoms with Crippen molar-refractivity contribution in [3.05, 3.63) is 75.3 Å². The van der Waals surface area contributed by atoms with E-state index in [1.165, 1.54) is 19.0 Å². The van der Waals surface area contributed by atoms with Crippen LogP contribution in [0.5, 0.6) is 5.75 Å². The summed E-state index contributed by atoms with van der Waals surface area (Å²) in [5, 5.41) is 48.3. The number of hydrogen-bond acceptors (Lipinski definition) is 10. The number of primary amides is 1. The van der Waals surface area contributed by atoms with Gasteiger partial charge in [0.25, 0.3) is 5.91 Å². The maximum absolute atomic E-state index is 16.4. The van der Waals surface area contributed by atoms with Crippen molar-refractivity contribution in [2.75, 3.05) is 26.5 Å². The summed E-state index contributed by atoms with van der Waals surface area (Å²) in [7, 11) is 4.66. The molecule has 13 heteroatoms. The predicted molar refractivity (Wildman–Crippen MR) is 158 cm³/mol. The lowest BCUT2D eigenvalue weighted by Crippen LogP contribution is -2.65. The Kier molecular flexibility index (Phi) is 7.10. The van der Waals surface area contributed by atoms with Crippen LogP contribution in [0.3, 0.4) is 0 Å². The zero-order chi connectivity index (χ0) is 32.7. The van der Waals surface area contributed by atoms with Gasteiger partial charge in [-0.05, 0) is 51.9 Å². The lowest BCUT2D eigenvalue weighted by Gasteiger charge is -2.50. The Morgan fingerprint density at radius 1 is 1.13 bits per heavy atom. The van der Waals surface area contributed by atoms with Crippen LogP contribution >= 0.6 is 0 Å². The third-order valence-corrected chi connectivity index (χ3v) is 9.68. The van der Waals surface area contributed by atoms with Crippen LogP contribution in [0.2, 0.25) is 0 Å². The van der Waals surface area contributed by atoms with Crippen molar-refractivity contribution in [3.8, 4) is 5.75 Å². The fourth-order valence-electron chi connectivity index (χ4n) is 7.53. The van der Waals surface area contributed by atoms with Gasteiger partial charge in [-0.25, -0.2) is 4.39 Å². The van der Waals surface area contributed by atoms with Crippen LogP contribution < -0.4 is 11.1 Å². The monoisotopic (exact) mass is 620 g/mol. The Morgan fingerprint density at radius 2 is 1.80 bits per heavy atom. The van der Waals surface area contributed by atoms with E-state index >= 15 is 4.39 Å². The molecule has 4 aliphatic rings. The van der Waals surface area contributed by atoms with Gasteiger partial charge in [-0.3, -0.25) is 29.0 Å². The summed E-state index contributed by atoms with van der Waals surface area (Å²) in [6.45, 7) is -0.0622. The van der Waals surface area contributed by atoms with E-state index in [9.17, 15) is 39.6 Å². The zero-order valence-electron chi connectivity index (χ0n) is 24.8. The molecule has 1 aliphatic heterocycles. The summed E-state index contributed by atoms with van der Waals surface area (Å²) in [5.41, 5.74) is 1.31. The lowest BCUT2D eigenvalue weighted by molar-refractivity contribution is -0.153. The average molecular weight is 621 g/mol. The lowest BCUT2D eigenvalue weighted by atomic mass is 9.57. The highest BCUT2D eigenvalue weighted by Gasteiger charge is 2.64. The molecule has 2 aromatic rings. The number of aromatic hydroxyl groups is 1. The fourth-order valence-corrected chi connectivity index (χ4v) is 7.53. The number of phenolic OH excluding ortho intramolecular Hbond substituents is 1. The molecule has 6 rings (SSSR count). The van der Waals surface area contributed by atoms with Gasteiger partial charge in [-0.15, -0.1) is 0 Å². The molecule has 0 bridgehead atoms. The molecule has 3 aliphatic carbocycles. The van der Waals surface area contributed by atoms with Crippen molar-refractivity contribution in [1.29, 1.82) is 0 Å². The number of halogens is 1. The number of carbonyl (C=O) groups is 4. The quantitative estimate of drug-likeness (QED) is 0.213. The number of fused-ring (bicyclic) bond motifs is 4. The van der Waals surface area contributed by atoms with E-state index in [-0.39, 0.29) is 36.2 Å². The number of carbonyl (C=O) groups excluding carboxylic acids is 4. The van der Waals surface area contributed by atoms with Gasteiger partial charge in [-0.1, -0.05) is 30.3 Å². The van der Waals surface area contributed by atoms with Crippen LogP contribution in [0.4, 0.5) is 10.1 Å². The van der Waals surface area contributed by atoms with E-state index in [1.807, 2.05) is 30.3 Å². The number of nitrogens with two attached hydrogens (primary N) is 1. The SMILES string of the molecule is CN(C)[C@@H]1C(=O)C(C(N)=O)=C(O)[C@@]2(O)C(=O)C3=C(O)c4c(O)c5c(c(F)c4C[C@H]3C[C@@H]12)CN(C)[C@H](Cc1ccccc1)C(=O)N5. The van der Waals surface area contributed by atoms with Crippen LogP contribution in [0.15, 0.2) is 47.2 Å².